The van der Waals surface area contributed by atoms with Crippen molar-refractivity contribution in [2.45, 2.75) is 52.6 Å². The van der Waals surface area contributed by atoms with E-state index in [1.807, 2.05) is 24.3 Å². The minimum absolute atomic E-state index is 0.435. The predicted molar refractivity (Wildman–Crippen MR) is 75.9 cm³/mol. The molecule has 0 aliphatic rings. The van der Waals surface area contributed by atoms with Crippen LogP contribution in [0.5, 0.6) is 5.75 Å². The van der Waals surface area contributed by atoms with E-state index in [4.69, 9.17) is 4.74 Å². The monoisotopic (exact) mass is 250 g/mol. The van der Waals surface area contributed by atoms with Gasteiger partial charge in [-0.15, -0.1) is 0 Å². The molecule has 0 aromatic heterocycles. The molecule has 1 unspecified atom stereocenters. The summed E-state index contributed by atoms with van der Waals surface area (Å²) in [6.45, 7) is 6.99. The molecule has 0 spiro atoms. The van der Waals surface area contributed by atoms with Gasteiger partial charge in [-0.25, -0.2) is 0 Å². The third-order valence-corrected chi connectivity index (χ3v) is 3.37. The smallest absolute Gasteiger partial charge is 0.119 e. The molecule has 0 saturated carbocycles. The molecule has 2 atom stereocenters. The van der Waals surface area contributed by atoms with Gasteiger partial charge in [-0.3, -0.25) is 0 Å². The van der Waals surface area contributed by atoms with Crippen molar-refractivity contribution in [2.75, 3.05) is 6.61 Å². The zero-order valence-electron chi connectivity index (χ0n) is 11.9. The summed E-state index contributed by atoms with van der Waals surface area (Å²) in [5.74, 6) is 1.50. The van der Waals surface area contributed by atoms with E-state index in [-0.39, 0.29) is 0 Å². The second kappa shape index (κ2) is 8.15. The Morgan fingerprint density at radius 2 is 2.06 bits per heavy atom. The average molecular weight is 250 g/mol. The van der Waals surface area contributed by atoms with Gasteiger partial charge in [-0.2, -0.15) is 0 Å². The molecule has 0 aliphatic heterocycles. The highest BCUT2D eigenvalue weighted by molar-refractivity contribution is 5.29. The number of hydrogen-bond acceptors (Lipinski definition) is 2. The summed E-state index contributed by atoms with van der Waals surface area (Å²) < 4.78 is 5.84. The second-order valence-corrected chi connectivity index (χ2v) is 4.98. The molecule has 1 aromatic carbocycles. The molecular formula is C16H26O2. The van der Waals surface area contributed by atoms with Gasteiger partial charge in [0.05, 0.1) is 12.7 Å². The molecule has 1 N–H and O–H groups in total. The van der Waals surface area contributed by atoms with Gasteiger partial charge in [-0.1, -0.05) is 45.2 Å². The number of rotatable bonds is 8. The van der Waals surface area contributed by atoms with E-state index in [0.29, 0.717) is 5.92 Å². The summed E-state index contributed by atoms with van der Waals surface area (Å²) in [6.07, 6.45) is 4.48. The van der Waals surface area contributed by atoms with Crippen LogP contribution in [-0.4, -0.2) is 11.7 Å². The molecule has 0 fully saturated rings. The lowest BCUT2D eigenvalue weighted by atomic mass is 10.0. The first kappa shape index (κ1) is 15.0. The Morgan fingerprint density at radius 3 is 2.67 bits per heavy atom. The van der Waals surface area contributed by atoms with Crippen molar-refractivity contribution in [3.8, 4) is 5.75 Å². The molecule has 0 amide bonds. The van der Waals surface area contributed by atoms with Crippen LogP contribution in [-0.2, 0) is 0 Å². The van der Waals surface area contributed by atoms with Crippen molar-refractivity contribution in [1.29, 1.82) is 0 Å². The van der Waals surface area contributed by atoms with Crippen LogP contribution in [0.25, 0.3) is 0 Å². The van der Waals surface area contributed by atoms with E-state index >= 15 is 0 Å². The maximum atomic E-state index is 9.53. The third kappa shape index (κ3) is 5.09. The minimum Gasteiger partial charge on any atom is -0.493 e. The van der Waals surface area contributed by atoms with Gasteiger partial charge in [0.25, 0.3) is 0 Å². The molecule has 0 radical (unpaired) electrons. The van der Waals surface area contributed by atoms with Crippen molar-refractivity contribution < 1.29 is 9.84 Å². The van der Waals surface area contributed by atoms with Crippen LogP contribution in [0.4, 0.5) is 0 Å². The van der Waals surface area contributed by atoms with Crippen LogP contribution in [0.3, 0.4) is 0 Å². The summed E-state index contributed by atoms with van der Waals surface area (Å²) >= 11 is 0. The molecule has 0 heterocycles. The lowest BCUT2D eigenvalue weighted by Crippen LogP contribution is -2.11. The van der Waals surface area contributed by atoms with E-state index in [2.05, 4.69) is 13.8 Å². The van der Waals surface area contributed by atoms with Gasteiger partial charge in [0.1, 0.15) is 5.75 Å². The van der Waals surface area contributed by atoms with Crippen molar-refractivity contribution in [2.24, 2.45) is 5.92 Å². The SMILES string of the molecule is CCCCC(CC)COc1cccc([C@H](C)O)c1. The first-order valence-electron chi connectivity index (χ1n) is 7.08. The molecule has 1 aromatic rings. The van der Waals surface area contributed by atoms with Gasteiger partial charge in [0.15, 0.2) is 0 Å². The minimum atomic E-state index is -0.435. The lowest BCUT2D eigenvalue weighted by Gasteiger charge is -2.16. The zero-order chi connectivity index (χ0) is 13.4. The van der Waals surface area contributed by atoms with Crippen LogP contribution in [0.15, 0.2) is 24.3 Å². The first-order chi connectivity index (χ1) is 8.67. The van der Waals surface area contributed by atoms with Crippen molar-refractivity contribution in [3.05, 3.63) is 29.8 Å². The van der Waals surface area contributed by atoms with Crippen molar-refractivity contribution >= 4 is 0 Å². The Labute approximate surface area is 111 Å². The van der Waals surface area contributed by atoms with Crippen LogP contribution in [0, 0.1) is 5.92 Å². The van der Waals surface area contributed by atoms with E-state index < -0.39 is 6.10 Å². The second-order valence-electron chi connectivity index (χ2n) is 4.98. The van der Waals surface area contributed by atoms with Gasteiger partial charge in [-0.05, 0) is 37.0 Å². The van der Waals surface area contributed by atoms with Gasteiger partial charge < -0.3 is 9.84 Å². The summed E-state index contributed by atoms with van der Waals surface area (Å²) in [5.41, 5.74) is 0.911. The summed E-state index contributed by atoms with van der Waals surface area (Å²) in [5, 5.41) is 9.53. The van der Waals surface area contributed by atoms with E-state index in [1.54, 1.807) is 6.92 Å². The molecule has 102 valence electrons. The van der Waals surface area contributed by atoms with Crippen molar-refractivity contribution in [3.63, 3.8) is 0 Å². The number of hydrogen-bond donors (Lipinski definition) is 1. The van der Waals surface area contributed by atoms with E-state index in [1.165, 1.54) is 19.3 Å². The molecule has 1 rings (SSSR count). The quantitative estimate of drug-likeness (QED) is 0.744. The van der Waals surface area contributed by atoms with Crippen LogP contribution >= 0.6 is 0 Å². The lowest BCUT2D eigenvalue weighted by molar-refractivity contribution is 0.197. The van der Waals surface area contributed by atoms with Crippen LogP contribution in [0.1, 0.15) is 58.1 Å². The number of aliphatic hydroxyl groups is 1. The fraction of sp³-hybridized carbons (Fsp3) is 0.625. The van der Waals surface area contributed by atoms with Crippen LogP contribution < -0.4 is 4.74 Å². The molecule has 0 aliphatic carbocycles. The standard InChI is InChI=1S/C16H26O2/c1-4-6-8-14(5-2)12-18-16-10-7-9-15(11-16)13(3)17/h7,9-11,13-14,17H,4-6,8,12H2,1-3H3/t13-,14?/m0/s1. The first-order valence-corrected chi connectivity index (χ1v) is 7.08. The predicted octanol–water partition coefficient (Wildman–Crippen LogP) is 4.34. The molecule has 0 bridgehead atoms. The molecule has 18 heavy (non-hydrogen) atoms. The maximum absolute atomic E-state index is 9.53. The Balaban J connectivity index is 2.48. The maximum Gasteiger partial charge on any atom is 0.119 e. The zero-order valence-corrected chi connectivity index (χ0v) is 11.9. The largest absolute Gasteiger partial charge is 0.493 e. The average Bonchev–Trinajstić information content (AvgIpc) is 2.39. The van der Waals surface area contributed by atoms with Crippen molar-refractivity contribution in [1.82, 2.24) is 0 Å². The Morgan fingerprint density at radius 1 is 1.28 bits per heavy atom. The fourth-order valence-electron chi connectivity index (χ4n) is 1.98. The number of unbranched alkanes of at least 4 members (excludes halogenated alkanes) is 1. The highest BCUT2D eigenvalue weighted by Crippen LogP contribution is 2.20. The summed E-state index contributed by atoms with van der Waals surface area (Å²) in [4.78, 5) is 0. The molecular weight excluding hydrogens is 224 g/mol. The third-order valence-electron chi connectivity index (χ3n) is 3.37. The number of aliphatic hydroxyl groups excluding tert-OH is 1. The highest BCUT2D eigenvalue weighted by atomic mass is 16.5. The Hall–Kier alpha value is -1.02. The topological polar surface area (TPSA) is 29.5 Å². The summed E-state index contributed by atoms with van der Waals surface area (Å²) in [7, 11) is 0. The molecule has 2 nitrogen and oxygen atoms in total. The number of ether oxygens (including phenoxy) is 1. The fourth-order valence-corrected chi connectivity index (χ4v) is 1.98. The number of benzene rings is 1. The Bertz CT molecular complexity index is 334. The summed E-state index contributed by atoms with van der Waals surface area (Å²) in [6, 6.07) is 7.74. The van der Waals surface area contributed by atoms with Gasteiger partial charge in [0.2, 0.25) is 0 Å². The Kier molecular flexibility index (Phi) is 6.81. The van der Waals surface area contributed by atoms with Gasteiger partial charge >= 0.3 is 0 Å². The molecule has 2 heteroatoms. The van der Waals surface area contributed by atoms with Crippen LogP contribution in [0.2, 0.25) is 0 Å². The normalized spacial score (nSPS) is 14.2. The van der Waals surface area contributed by atoms with E-state index in [0.717, 1.165) is 24.3 Å². The molecule has 0 saturated heterocycles. The van der Waals surface area contributed by atoms with E-state index in [9.17, 15) is 5.11 Å². The van der Waals surface area contributed by atoms with Gasteiger partial charge in [0, 0.05) is 0 Å². The highest BCUT2D eigenvalue weighted by Gasteiger charge is 2.08.